The van der Waals surface area contributed by atoms with E-state index in [1.807, 2.05) is 19.1 Å². The van der Waals surface area contributed by atoms with E-state index >= 15 is 0 Å². The van der Waals surface area contributed by atoms with Crippen molar-refractivity contribution >= 4 is 28.5 Å². The molecule has 0 unspecified atom stereocenters. The minimum absolute atomic E-state index is 0.00351. The number of pyridine rings is 1. The molecule has 32 heavy (non-hydrogen) atoms. The van der Waals surface area contributed by atoms with Gasteiger partial charge in [-0.1, -0.05) is 6.08 Å². The molecule has 2 N–H and O–H groups in total. The minimum atomic E-state index is -2.50. The molecular weight excluding hydrogens is 420 g/mol. The van der Waals surface area contributed by atoms with Crippen molar-refractivity contribution in [3.8, 4) is 5.88 Å². The number of hydrogen-bond acceptors (Lipinski definition) is 8. The van der Waals surface area contributed by atoms with E-state index < -0.39 is 13.0 Å². The Kier molecular flexibility index (Phi) is 6.17. The summed E-state index contributed by atoms with van der Waals surface area (Å²) in [6, 6.07) is 3.60. The highest BCUT2D eigenvalue weighted by atomic mass is 19.3. The van der Waals surface area contributed by atoms with Crippen molar-refractivity contribution in [1.82, 2.24) is 24.5 Å². The van der Waals surface area contributed by atoms with E-state index in [-0.39, 0.29) is 6.04 Å². The van der Waals surface area contributed by atoms with Gasteiger partial charge in [-0.2, -0.15) is 9.97 Å². The fourth-order valence-electron chi connectivity index (χ4n) is 3.74. The fraction of sp³-hybridized carbons (Fsp3) is 0.429. The smallest absolute Gasteiger partial charge is 0.256 e. The Morgan fingerprint density at radius 2 is 2.00 bits per heavy atom. The highest BCUT2D eigenvalue weighted by Gasteiger charge is 2.25. The number of imidazole rings is 1. The van der Waals surface area contributed by atoms with Crippen molar-refractivity contribution in [2.24, 2.45) is 0 Å². The average Bonchev–Trinajstić information content (AvgIpc) is 3.06. The maximum absolute atomic E-state index is 13.1. The van der Waals surface area contributed by atoms with Gasteiger partial charge in [0.2, 0.25) is 11.8 Å². The molecular formula is C21H25F2N7O2. The number of aromatic nitrogens is 5. The molecule has 3 aromatic heterocycles. The van der Waals surface area contributed by atoms with Crippen LogP contribution in [0.4, 0.5) is 20.5 Å². The number of fused-ring (bicyclic) bond motifs is 2. The second-order valence-electron chi connectivity index (χ2n) is 7.48. The zero-order valence-electron chi connectivity index (χ0n) is 18.3. The van der Waals surface area contributed by atoms with Crippen molar-refractivity contribution < 1.29 is 18.3 Å². The normalized spacial score (nSPS) is 14.2. The predicted molar refractivity (Wildman–Crippen MR) is 117 cm³/mol. The van der Waals surface area contributed by atoms with Crippen LogP contribution in [0, 0.1) is 6.92 Å². The zero-order valence-corrected chi connectivity index (χ0v) is 18.3. The number of ether oxygens (including phenoxy) is 2. The molecule has 3 aromatic rings. The Bertz CT molecular complexity index is 1160. The van der Waals surface area contributed by atoms with E-state index in [0.29, 0.717) is 59.0 Å². The number of aryl methyl sites for hydroxylation is 1. The monoisotopic (exact) mass is 445 g/mol. The standard InChI is InChI=1S/C21H25F2N7O2/c1-11(10-31-3)25-21-28-18-17(20(29-21)32-4)13(7-8-24-18)14-5-6-15-19(27-14)30(9-16(22)23)12(2)26-15/h5-7,11,16H,8-10H2,1-4H3,(H2,24,25,28,29)/t11-/m1/s1. The van der Waals surface area contributed by atoms with Crippen molar-refractivity contribution in [2.45, 2.75) is 32.9 Å². The first-order chi connectivity index (χ1) is 15.4. The highest BCUT2D eigenvalue weighted by molar-refractivity contribution is 5.90. The molecule has 9 nitrogen and oxygen atoms in total. The molecule has 170 valence electrons. The topological polar surface area (TPSA) is 99.0 Å². The highest BCUT2D eigenvalue weighted by Crippen LogP contribution is 2.37. The third kappa shape index (κ3) is 4.20. The van der Waals surface area contributed by atoms with E-state index in [1.54, 1.807) is 20.1 Å². The van der Waals surface area contributed by atoms with E-state index in [1.165, 1.54) is 11.7 Å². The van der Waals surface area contributed by atoms with Crippen LogP contribution in [-0.2, 0) is 11.3 Å². The second-order valence-corrected chi connectivity index (χ2v) is 7.48. The molecule has 1 aliphatic heterocycles. The Labute approximate surface area is 183 Å². The van der Waals surface area contributed by atoms with Crippen molar-refractivity contribution in [3.63, 3.8) is 0 Å². The van der Waals surface area contributed by atoms with Crippen LogP contribution in [0.3, 0.4) is 0 Å². The first-order valence-corrected chi connectivity index (χ1v) is 10.2. The Hall–Kier alpha value is -3.34. The number of nitrogens with zero attached hydrogens (tertiary/aromatic N) is 5. The van der Waals surface area contributed by atoms with E-state index in [0.717, 1.165) is 5.57 Å². The first-order valence-electron chi connectivity index (χ1n) is 10.2. The van der Waals surface area contributed by atoms with Crippen molar-refractivity contribution in [2.75, 3.05) is 38.0 Å². The van der Waals surface area contributed by atoms with Crippen LogP contribution < -0.4 is 15.4 Å². The van der Waals surface area contributed by atoms with Gasteiger partial charge in [-0.25, -0.2) is 18.7 Å². The largest absolute Gasteiger partial charge is 0.480 e. The van der Waals surface area contributed by atoms with Crippen LogP contribution in [0.25, 0.3) is 16.7 Å². The lowest BCUT2D eigenvalue weighted by atomic mass is 10.0. The molecule has 11 heteroatoms. The average molecular weight is 445 g/mol. The SMILES string of the molecule is COC[C@@H](C)Nc1nc2c(c(OC)n1)C(c1ccc3nc(C)n(CC(F)F)c3n1)=CCN2. The maximum Gasteiger partial charge on any atom is 0.256 e. The summed E-state index contributed by atoms with van der Waals surface area (Å²) < 4.78 is 38.3. The Balaban J connectivity index is 1.76. The molecule has 0 amide bonds. The summed E-state index contributed by atoms with van der Waals surface area (Å²) in [5, 5.41) is 6.43. The van der Waals surface area contributed by atoms with Crippen molar-refractivity contribution in [1.29, 1.82) is 0 Å². The third-order valence-corrected chi connectivity index (χ3v) is 5.09. The van der Waals surface area contributed by atoms with Crippen LogP contribution >= 0.6 is 0 Å². The molecule has 4 heterocycles. The molecule has 1 atom stereocenters. The minimum Gasteiger partial charge on any atom is -0.480 e. The van der Waals surface area contributed by atoms with Gasteiger partial charge in [-0.15, -0.1) is 0 Å². The molecule has 0 fully saturated rings. The summed E-state index contributed by atoms with van der Waals surface area (Å²) in [5.74, 6) is 1.87. The van der Waals surface area contributed by atoms with Crippen LogP contribution in [0.1, 0.15) is 24.0 Å². The van der Waals surface area contributed by atoms with Gasteiger partial charge in [0.1, 0.15) is 17.2 Å². The van der Waals surface area contributed by atoms with Gasteiger partial charge in [0.25, 0.3) is 6.43 Å². The molecule has 0 aliphatic carbocycles. The molecule has 1 aliphatic rings. The summed E-state index contributed by atoms with van der Waals surface area (Å²) in [6.07, 6.45) is -0.556. The second kappa shape index (κ2) is 9.03. The molecule has 0 spiro atoms. The summed E-state index contributed by atoms with van der Waals surface area (Å²) in [4.78, 5) is 18.1. The summed E-state index contributed by atoms with van der Waals surface area (Å²) in [7, 11) is 3.17. The van der Waals surface area contributed by atoms with Gasteiger partial charge in [0.15, 0.2) is 5.65 Å². The molecule has 0 aromatic carbocycles. The van der Waals surface area contributed by atoms with Gasteiger partial charge in [-0.05, 0) is 26.0 Å². The van der Waals surface area contributed by atoms with Crippen LogP contribution in [-0.4, -0.2) is 64.3 Å². The number of anilines is 2. The van der Waals surface area contributed by atoms with Gasteiger partial charge in [-0.3, -0.25) is 0 Å². The van der Waals surface area contributed by atoms with Gasteiger partial charge < -0.3 is 24.7 Å². The quantitative estimate of drug-likeness (QED) is 0.546. The summed E-state index contributed by atoms with van der Waals surface area (Å²) in [5.41, 5.74) is 3.00. The lowest BCUT2D eigenvalue weighted by Gasteiger charge is -2.22. The molecule has 0 bridgehead atoms. The number of rotatable bonds is 8. The number of nitrogens with one attached hydrogen (secondary N) is 2. The Morgan fingerprint density at radius 1 is 1.19 bits per heavy atom. The zero-order chi connectivity index (χ0) is 22.8. The molecule has 4 rings (SSSR count). The number of alkyl halides is 2. The molecule has 0 saturated carbocycles. The van der Waals surface area contributed by atoms with Crippen molar-refractivity contribution in [3.05, 3.63) is 35.3 Å². The van der Waals surface area contributed by atoms with Crippen LogP contribution in [0.5, 0.6) is 5.88 Å². The van der Waals surface area contributed by atoms with Gasteiger partial charge >= 0.3 is 0 Å². The number of methoxy groups -OCH3 is 2. The molecule has 0 saturated heterocycles. The van der Waals surface area contributed by atoms with Crippen LogP contribution in [0.15, 0.2) is 18.2 Å². The van der Waals surface area contributed by atoms with E-state index in [9.17, 15) is 8.78 Å². The van der Waals surface area contributed by atoms with E-state index in [4.69, 9.17) is 9.47 Å². The Morgan fingerprint density at radius 3 is 2.72 bits per heavy atom. The lowest BCUT2D eigenvalue weighted by molar-refractivity contribution is 0.127. The molecule has 0 radical (unpaired) electrons. The van der Waals surface area contributed by atoms with Gasteiger partial charge in [0, 0.05) is 25.3 Å². The third-order valence-electron chi connectivity index (χ3n) is 5.09. The maximum atomic E-state index is 13.1. The number of halogens is 2. The number of hydrogen-bond donors (Lipinski definition) is 2. The summed E-state index contributed by atoms with van der Waals surface area (Å²) >= 11 is 0. The fourth-order valence-corrected chi connectivity index (χ4v) is 3.74. The van der Waals surface area contributed by atoms with Gasteiger partial charge in [0.05, 0.1) is 31.5 Å². The first kappa shape index (κ1) is 21.9. The summed E-state index contributed by atoms with van der Waals surface area (Å²) in [6.45, 7) is 4.21. The van der Waals surface area contributed by atoms with E-state index in [2.05, 4.69) is 30.6 Å². The lowest BCUT2D eigenvalue weighted by Crippen LogP contribution is -2.23. The van der Waals surface area contributed by atoms with Crippen LogP contribution in [0.2, 0.25) is 0 Å². The predicted octanol–water partition coefficient (Wildman–Crippen LogP) is 3.11.